The Labute approximate surface area is 230 Å². The third kappa shape index (κ3) is 13.0. The molecule has 3 aromatic rings. The molecule has 0 fully saturated rings. The molecule has 206 valence electrons. The molecule has 0 aliphatic heterocycles. The van der Waals surface area contributed by atoms with E-state index in [9.17, 15) is 4.79 Å². The Hall–Kier alpha value is -3.85. The van der Waals surface area contributed by atoms with Gasteiger partial charge >= 0.3 is 5.97 Å². The number of hydrogen-bond donors (Lipinski definition) is 1. The van der Waals surface area contributed by atoms with Gasteiger partial charge in [-0.15, -0.1) is 6.58 Å². The molecule has 0 aromatic heterocycles. The molecule has 0 amide bonds. The molecule has 3 aromatic carbocycles. The maximum atomic E-state index is 12.1. The Morgan fingerprint density at radius 1 is 0.846 bits per heavy atom. The second kappa shape index (κ2) is 19.3. The molecule has 0 saturated carbocycles. The van der Waals surface area contributed by atoms with Gasteiger partial charge in [0, 0.05) is 13.2 Å². The number of rotatable bonds is 15. The van der Waals surface area contributed by atoms with Crippen molar-refractivity contribution < 1.29 is 33.9 Å². The summed E-state index contributed by atoms with van der Waals surface area (Å²) in [5.41, 5.74) is 5.30. The quantitative estimate of drug-likeness (QED) is 0.0382. The molecule has 0 saturated heterocycles. The van der Waals surface area contributed by atoms with Gasteiger partial charge in [0.2, 0.25) is 0 Å². The molecule has 7 heteroatoms. The van der Waals surface area contributed by atoms with E-state index in [2.05, 4.69) is 34.8 Å². The Bertz CT molecular complexity index is 1130. The molecule has 39 heavy (non-hydrogen) atoms. The number of carbonyl (C=O) groups excluding carboxylic acids is 1. The highest BCUT2D eigenvalue weighted by Gasteiger charge is 2.02. The monoisotopic (exact) mass is 532 g/mol. The van der Waals surface area contributed by atoms with Crippen molar-refractivity contribution in [2.24, 2.45) is 0 Å². The summed E-state index contributed by atoms with van der Waals surface area (Å²) in [7, 11) is 1.54. The Kier molecular flexibility index (Phi) is 15.5. The van der Waals surface area contributed by atoms with Crippen molar-refractivity contribution in [1.82, 2.24) is 0 Å². The first-order valence-electron chi connectivity index (χ1n) is 12.4. The van der Waals surface area contributed by atoms with Crippen molar-refractivity contribution in [3.05, 3.63) is 115 Å². The maximum Gasteiger partial charge on any atom is 0.336 e. The lowest BCUT2D eigenvalue weighted by Crippen LogP contribution is -2.04. The largest absolute Gasteiger partial charge is 0.423 e. The smallest absolute Gasteiger partial charge is 0.336 e. The second-order valence-electron chi connectivity index (χ2n) is 8.03. The topological polar surface area (TPSA) is 83.5 Å². The lowest BCUT2D eigenvalue weighted by atomic mass is 10.0. The fourth-order valence-electron chi connectivity index (χ4n) is 3.16. The van der Waals surface area contributed by atoms with Crippen LogP contribution in [0.25, 0.3) is 23.3 Å². The summed E-state index contributed by atoms with van der Waals surface area (Å²) in [6.45, 7) is 8.79. The standard InChI is InChI=1S/C28H26O4.C4H10O3/c1-3-20-30-31-21-19-24-9-16-27(17-10-24)32-28(29)18-11-23-7-14-26(15-8-23)25-12-5-22(4-2)6-13-25;1-6-4-7-3-2-5/h3-18H,1-2,19-21H2;5H,2-4H2,1H3/b18-11+;. The summed E-state index contributed by atoms with van der Waals surface area (Å²) in [6, 6.07) is 23.5. The van der Waals surface area contributed by atoms with Gasteiger partial charge < -0.3 is 19.3 Å². The molecule has 0 bridgehead atoms. The van der Waals surface area contributed by atoms with Crippen molar-refractivity contribution in [1.29, 1.82) is 0 Å². The minimum absolute atomic E-state index is 0.0589. The third-order valence-electron chi connectivity index (χ3n) is 5.12. The number of hydrogen-bond acceptors (Lipinski definition) is 7. The average Bonchev–Trinajstić information content (AvgIpc) is 2.98. The van der Waals surface area contributed by atoms with Crippen molar-refractivity contribution in [2.45, 2.75) is 6.42 Å². The molecule has 3 rings (SSSR count). The number of methoxy groups -OCH3 is 1. The van der Waals surface area contributed by atoms with Gasteiger partial charge in [-0.1, -0.05) is 79.4 Å². The summed E-state index contributed by atoms with van der Waals surface area (Å²) in [5, 5.41) is 8.11. The van der Waals surface area contributed by atoms with Gasteiger partial charge in [-0.2, -0.15) is 0 Å². The zero-order valence-corrected chi connectivity index (χ0v) is 22.3. The van der Waals surface area contributed by atoms with Crippen LogP contribution in [-0.4, -0.2) is 51.4 Å². The Morgan fingerprint density at radius 2 is 1.49 bits per heavy atom. The van der Waals surface area contributed by atoms with Crippen LogP contribution in [0.15, 0.2) is 98.1 Å². The molecule has 0 unspecified atom stereocenters. The van der Waals surface area contributed by atoms with Crippen LogP contribution in [0.4, 0.5) is 0 Å². The second-order valence-corrected chi connectivity index (χ2v) is 8.03. The minimum atomic E-state index is -0.428. The fraction of sp³-hybridized carbons (Fsp3) is 0.219. The van der Waals surface area contributed by atoms with E-state index in [4.69, 9.17) is 19.6 Å². The van der Waals surface area contributed by atoms with Crippen LogP contribution in [-0.2, 0) is 30.5 Å². The number of aliphatic hydroxyl groups is 1. The van der Waals surface area contributed by atoms with E-state index in [0.717, 1.165) is 27.8 Å². The average molecular weight is 533 g/mol. The van der Waals surface area contributed by atoms with Gasteiger partial charge in [-0.25, -0.2) is 14.6 Å². The SMILES string of the molecule is C=CCOOCCc1ccc(OC(=O)/C=C/c2ccc(-c3ccc(C=C)cc3)cc2)cc1.COCOCCO. The van der Waals surface area contributed by atoms with Crippen molar-refractivity contribution in [2.75, 3.05) is 40.3 Å². The molecule has 0 spiro atoms. The highest BCUT2D eigenvalue weighted by atomic mass is 17.2. The zero-order chi connectivity index (χ0) is 28.1. The van der Waals surface area contributed by atoms with Gasteiger partial charge in [0.25, 0.3) is 0 Å². The van der Waals surface area contributed by atoms with Gasteiger partial charge in [0.15, 0.2) is 0 Å². The lowest BCUT2D eigenvalue weighted by Gasteiger charge is -2.05. The third-order valence-corrected chi connectivity index (χ3v) is 5.12. The molecule has 0 heterocycles. The summed E-state index contributed by atoms with van der Waals surface area (Å²) < 4.78 is 14.5. The predicted octanol–water partition coefficient (Wildman–Crippen LogP) is 5.89. The summed E-state index contributed by atoms with van der Waals surface area (Å²) >= 11 is 0. The molecule has 0 radical (unpaired) electrons. The van der Waals surface area contributed by atoms with Crippen LogP contribution < -0.4 is 4.74 Å². The van der Waals surface area contributed by atoms with Crippen LogP contribution in [0, 0.1) is 0 Å². The van der Waals surface area contributed by atoms with Crippen molar-refractivity contribution in [3.8, 4) is 16.9 Å². The summed E-state index contributed by atoms with van der Waals surface area (Å²) in [4.78, 5) is 22.0. The normalized spacial score (nSPS) is 10.5. The highest BCUT2D eigenvalue weighted by Crippen LogP contribution is 2.21. The van der Waals surface area contributed by atoms with Crippen LogP contribution in [0.1, 0.15) is 16.7 Å². The van der Waals surface area contributed by atoms with Gasteiger partial charge in [0.1, 0.15) is 19.1 Å². The molecule has 0 aliphatic rings. The summed E-state index contributed by atoms with van der Waals surface area (Å²) in [6.07, 6.45) is 7.30. The first-order valence-corrected chi connectivity index (χ1v) is 12.4. The Balaban J connectivity index is 0.000000673. The van der Waals surface area contributed by atoms with E-state index in [1.54, 1.807) is 24.3 Å². The molecule has 7 nitrogen and oxygen atoms in total. The van der Waals surface area contributed by atoms with Gasteiger partial charge in [0.05, 0.1) is 19.8 Å². The number of ether oxygens (including phenoxy) is 3. The first kappa shape index (κ1) is 31.4. The van der Waals surface area contributed by atoms with Crippen LogP contribution in [0.2, 0.25) is 0 Å². The van der Waals surface area contributed by atoms with Crippen molar-refractivity contribution in [3.63, 3.8) is 0 Å². The van der Waals surface area contributed by atoms with Crippen LogP contribution >= 0.6 is 0 Å². The Morgan fingerprint density at radius 3 is 2.05 bits per heavy atom. The van der Waals surface area contributed by atoms with E-state index in [1.165, 1.54) is 13.2 Å². The van der Waals surface area contributed by atoms with E-state index in [-0.39, 0.29) is 13.4 Å². The van der Waals surface area contributed by atoms with Crippen molar-refractivity contribution >= 4 is 18.1 Å². The van der Waals surface area contributed by atoms with E-state index in [0.29, 0.717) is 32.0 Å². The van der Waals surface area contributed by atoms with E-state index >= 15 is 0 Å². The molecule has 0 atom stereocenters. The number of carbonyl (C=O) groups is 1. The zero-order valence-electron chi connectivity index (χ0n) is 22.3. The van der Waals surface area contributed by atoms with Gasteiger partial charge in [-0.05, 0) is 52.4 Å². The lowest BCUT2D eigenvalue weighted by molar-refractivity contribution is -0.285. The molecular weight excluding hydrogens is 496 g/mol. The molecule has 1 N–H and O–H groups in total. The summed E-state index contributed by atoms with van der Waals surface area (Å²) in [5.74, 6) is 0.0635. The predicted molar refractivity (Wildman–Crippen MR) is 154 cm³/mol. The number of esters is 1. The fourth-order valence-corrected chi connectivity index (χ4v) is 3.16. The van der Waals surface area contributed by atoms with Crippen LogP contribution in [0.3, 0.4) is 0 Å². The van der Waals surface area contributed by atoms with Gasteiger partial charge in [-0.3, -0.25) is 0 Å². The van der Waals surface area contributed by atoms with E-state index in [1.807, 2.05) is 54.6 Å². The number of aliphatic hydroxyl groups excluding tert-OH is 1. The first-order chi connectivity index (χ1) is 19.1. The number of benzene rings is 3. The minimum Gasteiger partial charge on any atom is -0.423 e. The molecular formula is C32H36O7. The molecule has 0 aliphatic carbocycles. The maximum absolute atomic E-state index is 12.1. The highest BCUT2D eigenvalue weighted by molar-refractivity contribution is 5.88. The van der Waals surface area contributed by atoms with Crippen LogP contribution in [0.5, 0.6) is 5.75 Å². The van der Waals surface area contributed by atoms with E-state index < -0.39 is 5.97 Å².